The van der Waals surface area contributed by atoms with E-state index in [1.807, 2.05) is 0 Å². The lowest BCUT2D eigenvalue weighted by Crippen LogP contribution is -2.35. The van der Waals surface area contributed by atoms with E-state index in [1.54, 1.807) is 0 Å². The molecule has 0 aromatic rings. The molecule has 0 spiro atoms. The number of hydrogen-bond acceptors (Lipinski definition) is 7. The van der Waals surface area contributed by atoms with E-state index in [0.717, 1.165) is 0 Å². The molecule has 0 bridgehead atoms. The SMILES string of the molecule is OC[C@@H](O)[C@@H](O)CCNCC[C@H](O)[C@H](O)CO. The molecule has 0 saturated carbocycles. The molecule has 4 atom stereocenters. The molecule has 7 N–H and O–H groups in total. The average Bonchev–Trinajstić information content (AvgIpc) is 2.35. The molecule has 0 unspecified atom stereocenters. The molecular formula is C10H23NO6. The molecule has 0 aromatic heterocycles. The Kier molecular flexibility index (Phi) is 9.56. The summed E-state index contributed by atoms with van der Waals surface area (Å²) in [5.41, 5.74) is 0. The van der Waals surface area contributed by atoms with Crippen LogP contribution < -0.4 is 5.32 Å². The van der Waals surface area contributed by atoms with Crippen molar-refractivity contribution < 1.29 is 30.6 Å². The van der Waals surface area contributed by atoms with Crippen LogP contribution in [0, 0.1) is 0 Å². The summed E-state index contributed by atoms with van der Waals surface area (Å²) in [4.78, 5) is 0. The topological polar surface area (TPSA) is 133 Å². The smallest absolute Gasteiger partial charge is 0.103 e. The molecule has 0 amide bonds. The van der Waals surface area contributed by atoms with Crippen LogP contribution in [-0.2, 0) is 0 Å². The predicted octanol–water partition coefficient (Wildman–Crippen LogP) is -3.22. The zero-order chi connectivity index (χ0) is 13.3. The van der Waals surface area contributed by atoms with E-state index >= 15 is 0 Å². The Hall–Kier alpha value is -0.280. The zero-order valence-electron chi connectivity index (χ0n) is 9.74. The Morgan fingerprint density at radius 1 is 0.647 bits per heavy atom. The third kappa shape index (κ3) is 7.61. The Bertz CT molecular complexity index is 164. The maximum absolute atomic E-state index is 9.28. The second kappa shape index (κ2) is 9.72. The van der Waals surface area contributed by atoms with Gasteiger partial charge in [0.05, 0.1) is 25.4 Å². The molecular weight excluding hydrogens is 230 g/mol. The quantitative estimate of drug-likeness (QED) is 0.204. The van der Waals surface area contributed by atoms with Gasteiger partial charge in [0, 0.05) is 0 Å². The predicted molar refractivity (Wildman–Crippen MR) is 60.3 cm³/mol. The lowest BCUT2D eigenvalue weighted by atomic mass is 10.1. The number of hydrogen-bond donors (Lipinski definition) is 7. The van der Waals surface area contributed by atoms with E-state index in [2.05, 4.69) is 5.32 Å². The maximum atomic E-state index is 9.28. The van der Waals surface area contributed by atoms with Crippen LogP contribution in [0.1, 0.15) is 12.8 Å². The first-order valence-electron chi connectivity index (χ1n) is 5.67. The Morgan fingerprint density at radius 3 is 1.29 bits per heavy atom. The van der Waals surface area contributed by atoms with Gasteiger partial charge in [0.15, 0.2) is 0 Å². The summed E-state index contributed by atoms with van der Waals surface area (Å²) in [6.45, 7) is -0.133. The summed E-state index contributed by atoms with van der Waals surface area (Å²) in [5, 5.41) is 56.7. The summed E-state index contributed by atoms with van der Waals surface area (Å²) < 4.78 is 0. The molecule has 0 fully saturated rings. The number of nitrogens with one attached hydrogen (secondary N) is 1. The van der Waals surface area contributed by atoms with Crippen LogP contribution in [0.25, 0.3) is 0 Å². The van der Waals surface area contributed by atoms with Crippen molar-refractivity contribution in [3.8, 4) is 0 Å². The molecule has 0 aliphatic heterocycles. The monoisotopic (exact) mass is 253 g/mol. The summed E-state index contributed by atoms with van der Waals surface area (Å²) >= 11 is 0. The van der Waals surface area contributed by atoms with Gasteiger partial charge < -0.3 is 36.0 Å². The van der Waals surface area contributed by atoms with Gasteiger partial charge in [-0.05, 0) is 25.9 Å². The van der Waals surface area contributed by atoms with Gasteiger partial charge in [-0.3, -0.25) is 0 Å². The Balaban J connectivity index is 3.46. The lowest BCUT2D eigenvalue weighted by molar-refractivity contribution is -0.0202. The second-order valence-electron chi connectivity index (χ2n) is 3.96. The minimum Gasteiger partial charge on any atom is -0.394 e. The van der Waals surface area contributed by atoms with Crippen molar-refractivity contribution in [2.75, 3.05) is 26.3 Å². The van der Waals surface area contributed by atoms with Crippen molar-refractivity contribution in [3.63, 3.8) is 0 Å². The largest absolute Gasteiger partial charge is 0.394 e. The van der Waals surface area contributed by atoms with Gasteiger partial charge in [-0.1, -0.05) is 0 Å². The zero-order valence-corrected chi connectivity index (χ0v) is 9.74. The molecule has 0 aromatic carbocycles. The van der Waals surface area contributed by atoms with Crippen LogP contribution in [0.4, 0.5) is 0 Å². The van der Waals surface area contributed by atoms with Crippen LogP contribution in [-0.4, -0.2) is 81.4 Å². The van der Waals surface area contributed by atoms with Crippen LogP contribution in [0.5, 0.6) is 0 Å². The number of rotatable bonds is 10. The van der Waals surface area contributed by atoms with Crippen molar-refractivity contribution in [1.29, 1.82) is 0 Å². The van der Waals surface area contributed by atoms with Crippen LogP contribution in [0.15, 0.2) is 0 Å². The Labute approximate surface area is 100 Å². The first-order valence-corrected chi connectivity index (χ1v) is 5.67. The van der Waals surface area contributed by atoms with E-state index in [9.17, 15) is 10.2 Å². The van der Waals surface area contributed by atoms with Gasteiger partial charge in [-0.15, -0.1) is 0 Å². The van der Waals surface area contributed by atoms with E-state index in [-0.39, 0.29) is 12.8 Å². The Morgan fingerprint density at radius 2 is 1.00 bits per heavy atom. The molecule has 0 aliphatic rings. The summed E-state index contributed by atoms with van der Waals surface area (Å²) in [7, 11) is 0. The molecule has 0 saturated heterocycles. The van der Waals surface area contributed by atoms with Crippen molar-refractivity contribution in [3.05, 3.63) is 0 Å². The molecule has 7 heteroatoms. The summed E-state index contributed by atoms with van der Waals surface area (Å²) in [6.07, 6.45) is -3.70. The highest BCUT2D eigenvalue weighted by molar-refractivity contribution is 4.69. The highest BCUT2D eigenvalue weighted by Crippen LogP contribution is 1.99. The standard InChI is InChI=1S/C10H23NO6/c12-5-9(16)7(14)1-3-11-4-2-8(15)10(17)6-13/h7-17H,1-6H2/t7-,8-,9+,10+/m0/s1. The van der Waals surface area contributed by atoms with Gasteiger partial charge in [0.2, 0.25) is 0 Å². The molecule has 0 aliphatic carbocycles. The molecule has 17 heavy (non-hydrogen) atoms. The normalized spacial score (nSPS) is 18.7. The third-order valence-corrected chi connectivity index (χ3v) is 2.50. The summed E-state index contributed by atoms with van der Waals surface area (Å²) in [6, 6.07) is 0. The summed E-state index contributed by atoms with van der Waals surface area (Å²) in [5.74, 6) is 0. The number of aliphatic hydroxyl groups excluding tert-OH is 6. The van der Waals surface area contributed by atoms with E-state index in [1.165, 1.54) is 0 Å². The van der Waals surface area contributed by atoms with Crippen LogP contribution >= 0.6 is 0 Å². The fourth-order valence-corrected chi connectivity index (χ4v) is 1.25. The molecule has 0 rings (SSSR count). The fourth-order valence-electron chi connectivity index (χ4n) is 1.25. The van der Waals surface area contributed by atoms with Gasteiger partial charge in [-0.25, -0.2) is 0 Å². The van der Waals surface area contributed by atoms with Crippen molar-refractivity contribution in [1.82, 2.24) is 5.32 Å². The van der Waals surface area contributed by atoms with Crippen molar-refractivity contribution in [2.45, 2.75) is 37.3 Å². The number of aliphatic hydroxyl groups is 6. The van der Waals surface area contributed by atoms with Crippen LogP contribution in [0.3, 0.4) is 0 Å². The minimum atomic E-state index is -1.14. The van der Waals surface area contributed by atoms with Gasteiger partial charge in [0.25, 0.3) is 0 Å². The lowest BCUT2D eigenvalue weighted by Gasteiger charge is -2.17. The maximum Gasteiger partial charge on any atom is 0.103 e. The van der Waals surface area contributed by atoms with Crippen molar-refractivity contribution in [2.24, 2.45) is 0 Å². The van der Waals surface area contributed by atoms with Gasteiger partial charge in [-0.2, -0.15) is 0 Å². The molecule has 0 radical (unpaired) electrons. The third-order valence-electron chi connectivity index (χ3n) is 2.50. The molecule has 0 heterocycles. The molecule has 7 nitrogen and oxygen atoms in total. The average molecular weight is 253 g/mol. The van der Waals surface area contributed by atoms with Gasteiger partial charge >= 0.3 is 0 Å². The van der Waals surface area contributed by atoms with E-state index in [4.69, 9.17) is 20.4 Å². The molecule has 104 valence electrons. The van der Waals surface area contributed by atoms with Crippen LogP contribution in [0.2, 0.25) is 0 Å². The van der Waals surface area contributed by atoms with Crippen molar-refractivity contribution >= 4 is 0 Å². The van der Waals surface area contributed by atoms with E-state index < -0.39 is 37.6 Å². The second-order valence-corrected chi connectivity index (χ2v) is 3.96. The first-order chi connectivity index (χ1) is 8.02. The van der Waals surface area contributed by atoms with E-state index in [0.29, 0.717) is 13.1 Å². The first kappa shape index (κ1) is 16.7. The highest BCUT2D eigenvalue weighted by Gasteiger charge is 2.15. The van der Waals surface area contributed by atoms with Gasteiger partial charge in [0.1, 0.15) is 12.2 Å². The minimum absolute atomic E-state index is 0.278. The fraction of sp³-hybridized carbons (Fsp3) is 1.00. The highest BCUT2D eigenvalue weighted by atomic mass is 16.4.